The molecule has 129 heavy (non-hydrogen) atoms. The van der Waals surface area contributed by atoms with Crippen LogP contribution in [0.5, 0.6) is 0 Å². The monoisotopic (exact) mass is 1980 g/mol. The molecule has 0 aliphatic heterocycles. The lowest BCUT2D eigenvalue weighted by Crippen LogP contribution is -2.35. The van der Waals surface area contributed by atoms with E-state index in [1.807, 2.05) is 73.7 Å². The zero-order valence-corrected chi connectivity index (χ0v) is 82.6. The average Bonchev–Trinajstić information content (AvgIpc) is 1.77. The number of pyridine rings is 6. The van der Waals surface area contributed by atoms with Gasteiger partial charge in [0.25, 0.3) is 0 Å². The zero-order valence-electron chi connectivity index (χ0n) is 74.0. The number of anilines is 5. The number of hydrogen-bond donors (Lipinski definition) is 0. The third kappa shape index (κ3) is 32.9. The van der Waals surface area contributed by atoms with E-state index >= 15 is 0 Å². The summed E-state index contributed by atoms with van der Waals surface area (Å²) in [5, 5.41) is 23.9. The maximum atomic E-state index is 13.2. The number of hydrogen-bond acceptors (Lipinski definition) is 22. The van der Waals surface area contributed by atoms with Crippen LogP contribution in [-0.2, 0) is 34.9 Å². The SMILES string of the molecule is CCN(C(=O)CC(CC(C)C)SC)c1cn(-c2cccnc2)nc1Cl.CCN(C(=O)CCSC(C)=O)c1cn(-c2cccnc2)nc1Cl.CN(C(=O)CCSc1ncc(C(F)(F)F)cc1Cl)c1cn(-c2cccnc2)nc1Cl.CSC(CC(=O)N(C)c1cn(-c2cccnc2)nc1Cl)CC(C)C.CSC(CC(=O)N(CC1CC1)c1cn(-c2cccnc2)nc1Cl)CC(C)C. The Morgan fingerprint density at radius 1 is 0.450 bits per heavy atom. The standard InChI is InChI=1S/C20H27ClN4OS.C18H14Cl2F3N5OS.C18H25ClN4OS.C17H23ClN4OS.C15H17ClN4O2S/c1-14(2)9-17(27-3)10-19(26)24(12-15-6-7-15)18-13-25(23-20(18)21)16-5-4-8-22-11-16;1-27(14-10-28(26-16(14)20)12-3-2-5-24-9-12)15(29)4-6-30-17-13(19)7-11(8-25-17)18(21,22)23;1-5-22(17(24)10-15(25-4)9-13(2)3)16-12-23(21-18(16)19)14-7-6-8-20-11-14;1-12(2)8-14(24-4)9-16(23)21(3)15-11-22(20-17(15)18)13-6-5-7-19-10-13;1-3-19(14(22)6-8-23-11(2)21)13-10-20(18-15(13)16)12-5-4-7-17-9-12/h4-5,8,11,13-15,17H,6-7,9-10,12H2,1-3H3;2-3,5,7-10H,4,6H2,1H3;6-8,11-13,15H,5,9-10H2,1-4H3;5-7,10-12,14H,8-9H2,1-4H3;4-5,7,9-10H,3,6,8H2,1-2H3. The maximum absolute atomic E-state index is 13.2. The number of amides is 5. The molecule has 692 valence electrons. The van der Waals surface area contributed by atoms with Gasteiger partial charge in [-0.25, -0.2) is 28.4 Å². The number of alkyl halides is 3. The molecule has 41 heteroatoms. The van der Waals surface area contributed by atoms with Crippen molar-refractivity contribution >= 4 is 192 Å². The van der Waals surface area contributed by atoms with Gasteiger partial charge in [-0.15, -0.1) is 11.8 Å². The highest BCUT2D eigenvalue weighted by Crippen LogP contribution is 2.39. The van der Waals surface area contributed by atoms with E-state index in [2.05, 4.69) is 109 Å². The Bertz CT molecular complexity index is 5380. The minimum Gasteiger partial charge on any atom is -0.311 e. The molecule has 0 bridgehead atoms. The molecule has 0 N–H and O–H groups in total. The molecule has 11 aromatic rings. The van der Waals surface area contributed by atoms with E-state index in [4.69, 9.17) is 69.6 Å². The Hall–Kier alpha value is -8.75. The summed E-state index contributed by atoms with van der Waals surface area (Å²) < 4.78 is 46.1. The average molecular weight is 1980 g/mol. The van der Waals surface area contributed by atoms with E-state index in [-0.39, 0.29) is 73.6 Å². The lowest BCUT2D eigenvalue weighted by Gasteiger charge is -2.24. The summed E-state index contributed by atoms with van der Waals surface area (Å²) in [7, 11) is 3.30. The van der Waals surface area contributed by atoms with Crippen molar-refractivity contribution < 1.29 is 41.9 Å². The number of thioether (sulfide) groups is 5. The quantitative estimate of drug-likeness (QED) is 0.0330. The molecule has 0 spiro atoms. The molecule has 11 aromatic heterocycles. The van der Waals surface area contributed by atoms with E-state index < -0.39 is 11.7 Å². The largest absolute Gasteiger partial charge is 0.417 e. The Morgan fingerprint density at radius 2 is 0.767 bits per heavy atom. The van der Waals surface area contributed by atoms with Crippen molar-refractivity contribution in [3.63, 3.8) is 0 Å². The zero-order chi connectivity index (χ0) is 94.2. The first-order valence-corrected chi connectivity index (χ1v) is 49.4. The molecule has 5 amide bonds. The normalized spacial score (nSPS) is 12.4. The third-order valence-corrected chi connectivity index (χ3v) is 26.2. The first-order valence-electron chi connectivity index (χ1n) is 41.3. The second kappa shape index (κ2) is 52.5. The van der Waals surface area contributed by atoms with E-state index in [1.54, 1.807) is 188 Å². The van der Waals surface area contributed by atoms with Gasteiger partial charge in [0, 0.05) is 137 Å². The predicted octanol–water partition coefficient (Wildman–Crippen LogP) is 21.4. The minimum atomic E-state index is -4.52. The van der Waals surface area contributed by atoms with Crippen LogP contribution in [0.4, 0.5) is 41.6 Å². The Balaban J connectivity index is 0.000000200. The van der Waals surface area contributed by atoms with E-state index in [9.17, 15) is 41.9 Å². The van der Waals surface area contributed by atoms with Crippen molar-refractivity contribution in [2.45, 2.75) is 153 Å². The fourth-order valence-electron chi connectivity index (χ4n) is 12.8. The summed E-state index contributed by atoms with van der Waals surface area (Å²) in [6.45, 7) is 20.2. The topological polar surface area (TPSA) is 285 Å². The first-order chi connectivity index (χ1) is 61.5. The second-order valence-corrected chi connectivity index (χ2v) is 38.7. The maximum Gasteiger partial charge on any atom is 0.417 e. The van der Waals surface area contributed by atoms with Crippen LogP contribution in [0.15, 0.2) is 171 Å². The van der Waals surface area contributed by atoms with E-state index in [0.29, 0.717) is 127 Å². The predicted molar refractivity (Wildman–Crippen MR) is 521 cm³/mol. The van der Waals surface area contributed by atoms with E-state index in [0.717, 1.165) is 84.3 Å². The first kappa shape index (κ1) is 106. The Kier molecular flexibility index (Phi) is 43.0. The van der Waals surface area contributed by atoms with Gasteiger partial charge < -0.3 is 24.5 Å². The number of nitrogens with zero attached hydrogens (tertiary/aromatic N) is 21. The molecule has 0 radical (unpaired) electrons. The van der Waals surface area contributed by atoms with Crippen LogP contribution in [-0.4, -0.2) is 193 Å². The van der Waals surface area contributed by atoms with Gasteiger partial charge in [0.15, 0.2) is 30.9 Å². The second-order valence-electron chi connectivity index (χ2n) is 30.7. The molecular formula is C88H106Cl6F3N21O6S5. The van der Waals surface area contributed by atoms with Crippen molar-refractivity contribution in [2.75, 3.05) is 88.5 Å². The summed E-state index contributed by atoms with van der Waals surface area (Å²) in [4.78, 5) is 107. The van der Waals surface area contributed by atoms with Crippen LogP contribution in [0.1, 0.15) is 132 Å². The lowest BCUT2D eigenvalue weighted by molar-refractivity contribution is -0.138. The van der Waals surface area contributed by atoms with Crippen molar-refractivity contribution in [2.24, 2.45) is 23.7 Å². The molecular weight excluding hydrogens is 1880 g/mol. The summed E-state index contributed by atoms with van der Waals surface area (Å²) in [5.74, 6) is 2.93. The molecule has 1 aliphatic rings. The van der Waals surface area contributed by atoms with Crippen LogP contribution >= 0.6 is 128 Å². The summed E-state index contributed by atoms with van der Waals surface area (Å²) in [6.07, 6.45) is 35.2. The highest BCUT2D eigenvalue weighted by molar-refractivity contribution is 8.13. The number of rotatable bonds is 36. The van der Waals surface area contributed by atoms with Crippen LogP contribution in [0.3, 0.4) is 0 Å². The smallest absolute Gasteiger partial charge is 0.311 e. The van der Waals surface area contributed by atoms with Gasteiger partial charge in [0.1, 0.15) is 33.5 Å². The lowest BCUT2D eigenvalue weighted by atomic mass is 10.1. The molecule has 11 heterocycles. The van der Waals surface area contributed by atoms with Crippen molar-refractivity contribution in [3.05, 3.63) is 202 Å². The molecule has 0 saturated heterocycles. The number of carbonyl (C=O) groups is 6. The van der Waals surface area contributed by atoms with E-state index in [1.165, 1.54) is 29.3 Å². The molecule has 3 atom stereocenters. The van der Waals surface area contributed by atoms with Gasteiger partial charge in [-0.05, 0) is 155 Å². The number of carbonyl (C=O) groups excluding carboxylic acids is 6. The highest BCUT2D eigenvalue weighted by Gasteiger charge is 2.34. The van der Waals surface area contributed by atoms with Gasteiger partial charge in [-0.3, -0.25) is 53.7 Å². The summed E-state index contributed by atoms with van der Waals surface area (Å²) >= 11 is 44.7. The summed E-state index contributed by atoms with van der Waals surface area (Å²) in [5.41, 5.74) is 5.87. The van der Waals surface area contributed by atoms with Gasteiger partial charge in [-0.2, -0.15) is 74.0 Å². The molecule has 1 saturated carbocycles. The Labute approximate surface area is 802 Å². The van der Waals surface area contributed by atoms with Crippen LogP contribution < -0.4 is 24.5 Å². The number of aromatic nitrogens is 16. The molecule has 1 aliphatic carbocycles. The third-order valence-electron chi connectivity index (χ3n) is 19.5. The van der Waals surface area contributed by atoms with Crippen LogP contribution in [0.25, 0.3) is 28.4 Å². The van der Waals surface area contributed by atoms with Crippen LogP contribution in [0, 0.1) is 23.7 Å². The van der Waals surface area contributed by atoms with Gasteiger partial charge in [0.05, 0.1) is 101 Å². The van der Waals surface area contributed by atoms with Crippen molar-refractivity contribution in [3.8, 4) is 28.4 Å². The van der Waals surface area contributed by atoms with Crippen LogP contribution in [0.2, 0.25) is 30.8 Å². The molecule has 3 unspecified atom stereocenters. The van der Waals surface area contributed by atoms with Gasteiger partial charge in [0.2, 0.25) is 29.5 Å². The molecule has 1 fully saturated rings. The fourth-order valence-corrected chi connectivity index (χ4v) is 18.3. The number of halogens is 9. The summed E-state index contributed by atoms with van der Waals surface area (Å²) in [6, 6.07) is 19.2. The van der Waals surface area contributed by atoms with Crippen molar-refractivity contribution in [1.29, 1.82) is 0 Å². The minimum absolute atomic E-state index is 0.00304. The highest BCUT2D eigenvalue weighted by atomic mass is 35.5. The van der Waals surface area contributed by atoms with Crippen molar-refractivity contribution in [1.82, 2.24) is 78.8 Å². The van der Waals surface area contributed by atoms with Gasteiger partial charge in [-0.1, -0.05) is 123 Å². The van der Waals surface area contributed by atoms with Gasteiger partial charge >= 0.3 is 6.18 Å². The molecule has 27 nitrogen and oxygen atoms in total. The Morgan fingerprint density at radius 3 is 1.08 bits per heavy atom. The molecule has 12 rings (SSSR count). The fraction of sp³-hybridized carbons (Fsp3) is 0.420. The molecule has 0 aromatic carbocycles.